The van der Waals surface area contributed by atoms with E-state index in [9.17, 15) is 4.79 Å². The number of benzene rings is 2. The van der Waals surface area contributed by atoms with Crippen molar-refractivity contribution >= 4 is 22.9 Å². The summed E-state index contributed by atoms with van der Waals surface area (Å²) >= 11 is 0. The SMILES string of the molecule is [2H]C([2H])([2H])N1CC[C@H]1COc1ccc(C)c(C(=O)NC2(c3cc(C=C)cc4nc(C)ccc34)CC2)c1. The van der Waals surface area contributed by atoms with Crippen LogP contribution in [0.1, 0.15) is 56.1 Å². The van der Waals surface area contributed by atoms with Gasteiger partial charge in [0.2, 0.25) is 0 Å². The predicted molar refractivity (Wildman–Crippen MR) is 133 cm³/mol. The standard InChI is InChI=1S/C28H31N3O2/c1-5-20-14-25(23-9-7-19(3)29-26(23)15-20)28(11-12-28)30-27(32)24-16-22(8-6-18(24)2)33-17-21-10-13-31(21)4/h5-9,14-16,21H,1,10-13,17H2,2-4H3,(H,30,32)/t21-/m0/s1/i4D3. The van der Waals surface area contributed by atoms with E-state index in [0.717, 1.165) is 52.5 Å². The molecule has 1 atom stereocenters. The number of likely N-dealkylation sites (N-methyl/N-ethyl adjacent to an activating group) is 1. The number of likely N-dealkylation sites (tertiary alicyclic amines) is 1. The maximum atomic E-state index is 13.5. The summed E-state index contributed by atoms with van der Waals surface area (Å²) in [5.41, 5.74) is 4.85. The monoisotopic (exact) mass is 444 g/mol. The van der Waals surface area contributed by atoms with Crippen LogP contribution in [-0.4, -0.2) is 42.0 Å². The zero-order chi connectivity index (χ0) is 25.7. The number of nitrogens with zero attached hydrogens (tertiary/aromatic N) is 2. The Kier molecular flexibility index (Phi) is 4.60. The second-order valence-corrected chi connectivity index (χ2v) is 9.25. The van der Waals surface area contributed by atoms with Gasteiger partial charge in [0.05, 0.1) is 11.1 Å². The first kappa shape index (κ1) is 18.3. The minimum Gasteiger partial charge on any atom is -0.492 e. The fourth-order valence-electron chi connectivity index (χ4n) is 4.49. The number of carbonyl (C=O) groups is 1. The first-order chi connectivity index (χ1) is 17.1. The molecule has 5 rings (SSSR count). The molecular weight excluding hydrogens is 410 g/mol. The van der Waals surface area contributed by atoms with Crippen LogP contribution in [0.3, 0.4) is 0 Å². The molecule has 3 aromatic rings. The molecule has 2 aromatic carbocycles. The van der Waals surface area contributed by atoms with Gasteiger partial charge in [-0.25, -0.2) is 0 Å². The third kappa shape index (κ3) is 4.13. The number of nitrogens with one attached hydrogen (secondary N) is 1. The fourth-order valence-corrected chi connectivity index (χ4v) is 4.49. The summed E-state index contributed by atoms with van der Waals surface area (Å²) in [5.74, 6) is 0.409. The van der Waals surface area contributed by atoms with Gasteiger partial charge in [0, 0.05) is 26.8 Å². The van der Waals surface area contributed by atoms with Crippen LogP contribution >= 0.6 is 0 Å². The lowest BCUT2D eigenvalue weighted by Crippen LogP contribution is -2.48. The van der Waals surface area contributed by atoms with E-state index in [-0.39, 0.29) is 18.6 Å². The van der Waals surface area contributed by atoms with E-state index in [2.05, 4.69) is 24.0 Å². The number of aromatic nitrogens is 1. The van der Waals surface area contributed by atoms with Crippen LogP contribution < -0.4 is 10.1 Å². The Hall–Kier alpha value is -3.18. The van der Waals surface area contributed by atoms with Crippen molar-refractivity contribution in [1.82, 2.24) is 15.2 Å². The van der Waals surface area contributed by atoms with Crippen LogP contribution in [0.5, 0.6) is 5.75 Å². The molecule has 1 amide bonds. The number of aryl methyl sites for hydroxylation is 2. The highest BCUT2D eigenvalue weighted by Crippen LogP contribution is 2.48. The number of amides is 1. The van der Waals surface area contributed by atoms with E-state index in [0.29, 0.717) is 17.9 Å². The normalized spacial score (nSPS) is 20.8. The highest BCUT2D eigenvalue weighted by Gasteiger charge is 2.47. The summed E-state index contributed by atoms with van der Waals surface area (Å²) in [6.45, 7) is 6.52. The quantitative estimate of drug-likeness (QED) is 0.557. The number of ether oxygens (including phenoxy) is 1. The average Bonchev–Trinajstić information content (AvgIpc) is 3.57. The van der Waals surface area contributed by atoms with E-state index in [4.69, 9.17) is 13.8 Å². The van der Waals surface area contributed by atoms with Gasteiger partial charge in [0.15, 0.2) is 0 Å². The molecule has 170 valence electrons. The number of pyridine rings is 1. The van der Waals surface area contributed by atoms with Crippen LogP contribution in [-0.2, 0) is 5.54 Å². The van der Waals surface area contributed by atoms with E-state index in [1.807, 2.05) is 44.2 Å². The van der Waals surface area contributed by atoms with E-state index in [1.165, 1.54) is 4.90 Å². The average molecular weight is 445 g/mol. The minimum absolute atomic E-state index is 0.145. The van der Waals surface area contributed by atoms with Gasteiger partial charge in [0.25, 0.3) is 5.91 Å². The third-order valence-electron chi connectivity index (χ3n) is 6.86. The Morgan fingerprint density at radius 1 is 1.30 bits per heavy atom. The zero-order valence-electron chi connectivity index (χ0n) is 22.1. The van der Waals surface area contributed by atoms with E-state index >= 15 is 0 Å². The fraction of sp³-hybridized carbons (Fsp3) is 0.357. The van der Waals surface area contributed by atoms with E-state index < -0.39 is 12.5 Å². The summed E-state index contributed by atoms with van der Waals surface area (Å²) in [4.78, 5) is 19.7. The lowest BCUT2D eigenvalue weighted by atomic mass is 9.95. The minimum atomic E-state index is -2.11. The summed E-state index contributed by atoms with van der Waals surface area (Å²) in [7, 11) is 0. The van der Waals surface area contributed by atoms with Gasteiger partial charge in [-0.3, -0.25) is 14.7 Å². The van der Waals surface area contributed by atoms with Crippen LogP contribution in [0.15, 0.2) is 49.0 Å². The summed E-state index contributed by atoms with van der Waals surface area (Å²) < 4.78 is 28.7. The Labute approximate surface area is 199 Å². The highest BCUT2D eigenvalue weighted by molar-refractivity contribution is 5.97. The third-order valence-corrected chi connectivity index (χ3v) is 6.86. The Morgan fingerprint density at radius 3 is 2.85 bits per heavy atom. The molecule has 33 heavy (non-hydrogen) atoms. The maximum absolute atomic E-state index is 13.5. The Balaban J connectivity index is 1.36. The van der Waals surface area contributed by atoms with Gasteiger partial charge in [-0.2, -0.15) is 0 Å². The molecule has 5 heteroatoms. The van der Waals surface area contributed by atoms with Gasteiger partial charge >= 0.3 is 0 Å². The molecule has 0 radical (unpaired) electrons. The molecular formula is C28H31N3O2. The smallest absolute Gasteiger partial charge is 0.252 e. The molecule has 2 fully saturated rings. The van der Waals surface area contributed by atoms with Crippen LogP contribution in [0.2, 0.25) is 0 Å². The molecule has 1 saturated carbocycles. The summed E-state index contributed by atoms with van der Waals surface area (Å²) in [6.07, 6.45) is 4.30. The van der Waals surface area contributed by atoms with E-state index in [1.54, 1.807) is 6.07 Å². The van der Waals surface area contributed by atoms with Crippen molar-refractivity contribution < 1.29 is 13.6 Å². The molecule has 0 bridgehead atoms. The van der Waals surface area contributed by atoms with Crippen LogP contribution in [0.4, 0.5) is 0 Å². The maximum Gasteiger partial charge on any atom is 0.252 e. The molecule has 5 nitrogen and oxygen atoms in total. The van der Waals surface area contributed by atoms with Gasteiger partial charge in [-0.1, -0.05) is 24.8 Å². The van der Waals surface area contributed by atoms with Crippen molar-refractivity contribution in [1.29, 1.82) is 0 Å². The Morgan fingerprint density at radius 2 is 2.15 bits per heavy atom. The molecule has 2 heterocycles. The van der Waals surface area contributed by atoms with Crippen LogP contribution in [0.25, 0.3) is 17.0 Å². The zero-order valence-corrected chi connectivity index (χ0v) is 19.1. The van der Waals surface area contributed by atoms with Crippen molar-refractivity contribution in [3.63, 3.8) is 0 Å². The van der Waals surface area contributed by atoms with Crippen molar-refractivity contribution in [3.05, 3.63) is 77.0 Å². The van der Waals surface area contributed by atoms with Crippen molar-refractivity contribution in [2.24, 2.45) is 0 Å². The van der Waals surface area contributed by atoms with Gasteiger partial charge in [-0.15, -0.1) is 0 Å². The summed E-state index contributed by atoms with van der Waals surface area (Å²) in [5, 5.41) is 4.34. The number of hydrogen-bond acceptors (Lipinski definition) is 4. The van der Waals surface area contributed by atoms with Crippen molar-refractivity contribution in [2.45, 2.75) is 44.7 Å². The number of hydrogen-bond donors (Lipinski definition) is 1. The number of carbonyl (C=O) groups excluding carboxylic acids is 1. The van der Waals surface area contributed by atoms with Crippen molar-refractivity contribution in [2.75, 3.05) is 20.1 Å². The Bertz CT molecular complexity index is 1350. The number of rotatable bonds is 7. The second kappa shape index (κ2) is 8.31. The van der Waals surface area contributed by atoms with Gasteiger partial charge in [0.1, 0.15) is 12.4 Å². The highest BCUT2D eigenvalue weighted by atomic mass is 16.5. The molecule has 1 saturated heterocycles. The summed E-state index contributed by atoms with van der Waals surface area (Å²) in [6, 6.07) is 13.5. The molecule has 2 aliphatic rings. The van der Waals surface area contributed by atoms with Crippen molar-refractivity contribution in [3.8, 4) is 5.75 Å². The largest absolute Gasteiger partial charge is 0.492 e. The predicted octanol–water partition coefficient (Wildman–Crippen LogP) is 5.00. The lowest BCUT2D eigenvalue weighted by Gasteiger charge is -2.37. The molecule has 1 N–H and O–H groups in total. The topological polar surface area (TPSA) is 54.5 Å². The van der Waals surface area contributed by atoms with Gasteiger partial charge < -0.3 is 10.1 Å². The first-order valence-electron chi connectivity index (χ1n) is 13.0. The van der Waals surface area contributed by atoms with Crippen LogP contribution in [0, 0.1) is 13.8 Å². The molecule has 0 spiro atoms. The number of fused-ring (bicyclic) bond motifs is 1. The molecule has 0 unspecified atom stereocenters. The van der Waals surface area contributed by atoms with Gasteiger partial charge in [-0.05, 0) is 93.7 Å². The molecule has 1 aliphatic carbocycles. The lowest BCUT2D eigenvalue weighted by molar-refractivity contribution is 0.0767. The molecule has 1 aliphatic heterocycles. The first-order valence-corrected chi connectivity index (χ1v) is 11.5. The second-order valence-electron chi connectivity index (χ2n) is 9.25. The molecule has 1 aromatic heterocycles.